The van der Waals surface area contributed by atoms with Crippen LogP contribution in [-0.4, -0.2) is 26.9 Å². The lowest BCUT2D eigenvalue weighted by atomic mass is 10.1. The molecule has 0 bridgehead atoms. The van der Waals surface area contributed by atoms with Crippen LogP contribution in [0.3, 0.4) is 0 Å². The standard InChI is InChI=1S/C16H27NO2/c1-14(2)8-11-19-16-7-4-6-15(12-16)13-17-9-5-10-18-3/h4,6-7,12,14,17H,5,8-11,13H2,1-3H3. The molecule has 0 atom stereocenters. The first-order chi connectivity index (χ1) is 9.22. The molecular weight excluding hydrogens is 238 g/mol. The van der Waals surface area contributed by atoms with Gasteiger partial charge in [-0.1, -0.05) is 26.0 Å². The summed E-state index contributed by atoms with van der Waals surface area (Å²) in [4.78, 5) is 0. The van der Waals surface area contributed by atoms with E-state index in [-0.39, 0.29) is 0 Å². The molecule has 3 nitrogen and oxygen atoms in total. The molecule has 1 rings (SSSR count). The highest BCUT2D eigenvalue weighted by Crippen LogP contribution is 2.14. The second kappa shape index (κ2) is 9.82. The van der Waals surface area contributed by atoms with Crippen molar-refractivity contribution in [3.63, 3.8) is 0 Å². The van der Waals surface area contributed by atoms with Crippen LogP contribution in [0.15, 0.2) is 24.3 Å². The van der Waals surface area contributed by atoms with Gasteiger partial charge in [-0.05, 0) is 43.0 Å². The fourth-order valence-corrected chi connectivity index (χ4v) is 1.73. The van der Waals surface area contributed by atoms with E-state index in [0.29, 0.717) is 5.92 Å². The zero-order valence-electron chi connectivity index (χ0n) is 12.4. The zero-order chi connectivity index (χ0) is 13.9. The molecule has 0 fully saturated rings. The van der Waals surface area contributed by atoms with E-state index in [1.807, 2.05) is 6.07 Å². The number of rotatable bonds is 10. The third kappa shape index (κ3) is 7.85. The molecule has 1 aromatic rings. The van der Waals surface area contributed by atoms with Gasteiger partial charge in [-0.3, -0.25) is 0 Å². The number of benzene rings is 1. The van der Waals surface area contributed by atoms with Crippen molar-refractivity contribution in [1.29, 1.82) is 0 Å². The van der Waals surface area contributed by atoms with Crippen molar-refractivity contribution in [2.75, 3.05) is 26.9 Å². The minimum atomic E-state index is 0.686. The SMILES string of the molecule is COCCCNCc1cccc(OCCC(C)C)c1. The monoisotopic (exact) mass is 265 g/mol. The lowest BCUT2D eigenvalue weighted by molar-refractivity contribution is 0.194. The van der Waals surface area contributed by atoms with Gasteiger partial charge in [-0.15, -0.1) is 0 Å². The molecule has 3 heteroatoms. The molecule has 0 unspecified atom stereocenters. The summed E-state index contributed by atoms with van der Waals surface area (Å²) in [5.74, 6) is 1.66. The molecule has 0 radical (unpaired) electrons. The number of hydrogen-bond donors (Lipinski definition) is 1. The Kier molecular flexibility index (Phi) is 8.26. The Bertz CT molecular complexity index is 339. The number of nitrogens with one attached hydrogen (secondary N) is 1. The topological polar surface area (TPSA) is 30.5 Å². The van der Waals surface area contributed by atoms with Crippen molar-refractivity contribution in [2.24, 2.45) is 5.92 Å². The molecular formula is C16H27NO2. The van der Waals surface area contributed by atoms with Crippen LogP contribution in [0.2, 0.25) is 0 Å². The Morgan fingerprint density at radius 2 is 2.05 bits per heavy atom. The Morgan fingerprint density at radius 3 is 2.79 bits per heavy atom. The maximum absolute atomic E-state index is 5.75. The third-order valence-corrected chi connectivity index (χ3v) is 2.89. The average Bonchev–Trinajstić information content (AvgIpc) is 2.39. The molecule has 0 saturated heterocycles. The van der Waals surface area contributed by atoms with Gasteiger partial charge in [-0.25, -0.2) is 0 Å². The van der Waals surface area contributed by atoms with Crippen LogP contribution in [0.25, 0.3) is 0 Å². The molecule has 1 N–H and O–H groups in total. The van der Waals surface area contributed by atoms with Crippen LogP contribution in [0.5, 0.6) is 5.75 Å². The van der Waals surface area contributed by atoms with E-state index >= 15 is 0 Å². The van der Waals surface area contributed by atoms with Gasteiger partial charge < -0.3 is 14.8 Å². The summed E-state index contributed by atoms with van der Waals surface area (Å²) in [5, 5.41) is 3.40. The zero-order valence-corrected chi connectivity index (χ0v) is 12.4. The lowest BCUT2D eigenvalue weighted by Gasteiger charge is -2.10. The Hall–Kier alpha value is -1.06. The van der Waals surface area contributed by atoms with Gasteiger partial charge in [0, 0.05) is 20.3 Å². The molecule has 0 heterocycles. The molecule has 0 saturated carbocycles. The highest BCUT2D eigenvalue weighted by atomic mass is 16.5. The van der Waals surface area contributed by atoms with Crippen LogP contribution in [0.4, 0.5) is 0 Å². The summed E-state index contributed by atoms with van der Waals surface area (Å²) in [6.07, 6.45) is 2.14. The summed E-state index contributed by atoms with van der Waals surface area (Å²) in [6, 6.07) is 8.31. The molecule has 0 amide bonds. The molecule has 0 aliphatic heterocycles. The van der Waals surface area contributed by atoms with Crippen LogP contribution in [0.1, 0.15) is 32.3 Å². The van der Waals surface area contributed by atoms with E-state index in [1.54, 1.807) is 7.11 Å². The van der Waals surface area contributed by atoms with E-state index in [2.05, 4.69) is 37.4 Å². The van der Waals surface area contributed by atoms with Crippen molar-refractivity contribution >= 4 is 0 Å². The average molecular weight is 265 g/mol. The molecule has 19 heavy (non-hydrogen) atoms. The van der Waals surface area contributed by atoms with Gasteiger partial charge in [0.1, 0.15) is 5.75 Å². The molecule has 0 aliphatic carbocycles. The first-order valence-electron chi connectivity index (χ1n) is 7.13. The fourth-order valence-electron chi connectivity index (χ4n) is 1.73. The van der Waals surface area contributed by atoms with Crippen molar-refractivity contribution in [1.82, 2.24) is 5.32 Å². The number of methoxy groups -OCH3 is 1. The second-order valence-electron chi connectivity index (χ2n) is 5.20. The van der Waals surface area contributed by atoms with Crippen molar-refractivity contribution in [3.8, 4) is 5.75 Å². The Morgan fingerprint density at radius 1 is 1.21 bits per heavy atom. The Balaban J connectivity index is 2.27. The molecule has 1 aromatic carbocycles. The quantitative estimate of drug-likeness (QED) is 0.659. The van der Waals surface area contributed by atoms with E-state index < -0.39 is 0 Å². The number of hydrogen-bond acceptors (Lipinski definition) is 3. The van der Waals surface area contributed by atoms with Crippen molar-refractivity contribution < 1.29 is 9.47 Å². The summed E-state index contributed by atoms with van der Waals surface area (Å²) < 4.78 is 10.8. The maximum atomic E-state index is 5.75. The normalized spacial score (nSPS) is 10.9. The highest BCUT2D eigenvalue weighted by molar-refractivity contribution is 5.28. The molecule has 0 spiro atoms. The number of ether oxygens (including phenoxy) is 2. The van der Waals surface area contributed by atoms with Gasteiger partial charge in [-0.2, -0.15) is 0 Å². The molecule has 108 valence electrons. The Labute approximate surface area is 117 Å². The first kappa shape index (κ1) is 16.0. The molecule has 0 aliphatic rings. The van der Waals surface area contributed by atoms with Gasteiger partial charge in [0.2, 0.25) is 0 Å². The van der Waals surface area contributed by atoms with Gasteiger partial charge in [0.15, 0.2) is 0 Å². The van der Waals surface area contributed by atoms with Crippen LogP contribution < -0.4 is 10.1 Å². The minimum Gasteiger partial charge on any atom is -0.494 e. The van der Waals surface area contributed by atoms with Crippen molar-refractivity contribution in [2.45, 2.75) is 33.2 Å². The lowest BCUT2D eigenvalue weighted by Crippen LogP contribution is -2.16. The second-order valence-corrected chi connectivity index (χ2v) is 5.20. The summed E-state index contributed by atoms with van der Waals surface area (Å²) in [5.41, 5.74) is 1.26. The first-order valence-corrected chi connectivity index (χ1v) is 7.13. The van der Waals surface area contributed by atoms with E-state index in [9.17, 15) is 0 Å². The summed E-state index contributed by atoms with van der Waals surface area (Å²) >= 11 is 0. The van der Waals surface area contributed by atoms with Crippen LogP contribution >= 0.6 is 0 Å². The van der Waals surface area contributed by atoms with Gasteiger partial charge in [0.05, 0.1) is 6.61 Å². The van der Waals surface area contributed by atoms with Crippen LogP contribution in [-0.2, 0) is 11.3 Å². The van der Waals surface area contributed by atoms with Crippen molar-refractivity contribution in [3.05, 3.63) is 29.8 Å². The smallest absolute Gasteiger partial charge is 0.119 e. The highest BCUT2D eigenvalue weighted by Gasteiger charge is 1.99. The van der Waals surface area contributed by atoms with E-state index in [1.165, 1.54) is 5.56 Å². The minimum absolute atomic E-state index is 0.686. The molecule has 0 aromatic heterocycles. The third-order valence-electron chi connectivity index (χ3n) is 2.89. The van der Waals surface area contributed by atoms with Crippen LogP contribution in [0, 0.1) is 5.92 Å². The maximum Gasteiger partial charge on any atom is 0.119 e. The summed E-state index contributed by atoms with van der Waals surface area (Å²) in [6.45, 7) is 7.89. The summed E-state index contributed by atoms with van der Waals surface area (Å²) in [7, 11) is 1.73. The van der Waals surface area contributed by atoms with E-state index in [4.69, 9.17) is 9.47 Å². The predicted octanol–water partition coefficient (Wildman–Crippen LogP) is 3.24. The van der Waals surface area contributed by atoms with E-state index in [0.717, 1.165) is 44.9 Å². The van der Waals surface area contributed by atoms with Gasteiger partial charge >= 0.3 is 0 Å². The van der Waals surface area contributed by atoms with Gasteiger partial charge in [0.25, 0.3) is 0 Å². The predicted molar refractivity (Wildman–Crippen MR) is 79.6 cm³/mol. The largest absolute Gasteiger partial charge is 0.494 e. The fraction of sp³-hybridized carbons (Fsp3) is 0.625.